The lowest BCUT2D eigenvalue weighted by molar-refractivity contribution is -0.113. The standard InChI is InChI=1S/C30H24N4O4/c1-2-38-30(37)24-19-23-27(31-25-15-9-10-18-33(25)29(23)36)34(20-22-13-7-4-8-14-22)28(24)32-26(35)17-16-21-11-5-3-6-12-21/h3-19H,2,20H2,1H3/b17-16+,32-28?. The molecular weight excluding hydrogens is 480 g/mol. The molecule has 0 unspecified atom stereocenters. The Balaban J connectivity index is 1.81. The topological polar surface area (TPSA) is 95.0 Å². The molecule has 0 aliphatic rings. The molecule has 2 aromatic carbocycles. The quantitative estimate of drug-likeness (QED) is 0.198. The molecule has 0 aliphatic carbocycles. The van der Waals surface area contributed by atoms with Crippen LogP contribution in [0.1, 0.15) is 28.4 Å². The summed E-state index contributed by atoms with van der Waals surface area (Å²) >= 11 is 0. The Morgan fingerprint density at radius 1 is 0.974 bits per heavy atom. The number of nitrogens with zero attached hydrogens (tertiary/aromatic N) is 4. The Morgan fingerprint density at radius 2 is 1.68 bits per heavy atom. The summed E-state index contributed by atoms with van der Waals surface area (Å²) in [6.45, 7) is 2.02. The summed E-state index contributed by atoms with van der Waals surface area (Å²) in [6, 6.07) is 25.5. The van der Waals surface area contributed by atoms with E-state index in [0.717, 1.165) is 11.1 Å². The fourth-order valence-corrected chi connectivity index (χ4v) is 4.15. The number of carbonyl (C=O) groups excluding carboxylic acids is 2. The van der Waals surface area contributed by atoms with E-state index in [2.05, 4.69) is 4.99 Å². The lowest BCUT2D eigenvalue weighted by Gasteiger charge is -2.15. The highest BCUT2D eigenvalue weighted by Gasteiger charge is 2.20. The number of aromatic nitrogens is 3. The van der Waals surface area contributed by atoms with Gasteiger partial charge in [-0.05, 0) is 42.3 Å². The van der Waals surface area contributed by atoms with E-state index in [4.69, 9.17) is 9.72 Å². The third-order valence-electron chi connectivity index (χ3n) is 5.90. The minimum Gasteiger partial charge on any atom is -0.462 e. The van der Waals surface area contributed by atoms with Crippen LogP contribution in [0.5, 0.6) is 0 Å². The van der Waals surface area contributed by atoms with Gasteiger partial charge in [0.1, 0.15) is 16.9 Å². The normalized spacial score (nSPS) is 11.9. The first-order chi connectivity index (χ1) is 18.5. The number of ether oxygens (including phenoxy) is 1. The van der Waals surface area contributed by atoms with Crippen molar-refractivity contribution in [3.63, 3.8) is 0 Å². The summed E-state index contributed by atoms with van der Waals surface area (Å²) in [4.78, 5) is 48.6. The van der Waals surface area contributed by atoms with Crippen molar-refractivity contribution >= 4 is 34.6 Å². The van der Waals surface area contributed by atoms with Gasteiger partial charge in [0, 0.05) is 12.3 Å². The van der Waals surface area contributed by atoms with Crippen molar-refractivity contribution in [2.24, 2.45) is 4.99 Å². The van der Waals surface area contributed by atoms with Crippen LogP contribution in [0, 0.1) is 0 Å². The van der Waals surface area contributed by atoms with Crippen molar-refractivity contribution in [3.8, 4) is 0 Å². The first kappa shape index (κ1) is 24.6. The van der Waals surface area contributed by atoms with Crippen LogP contribution in [0.4, 0.5) is 0 Å². The van der Waals surface area contributed by atoms with E-state index in [9.17, 15) is 14.4 Å². The molecule has 5 aromatic rings. The van der Waals surface area contributed by atoms with Crippen LogP contribution in [-0.4, -0.2) is 32.4 Å². The summed E-state index contributed by atoms with van der Waals surface area (Å²) in [5.74, 6) is -1.26. The second-order valence-electron chi connectivity index (χ2n) is 8.45. The third-order valence-corrected chi connectivity index (χ3v) is 5.90. The van der Waals surface area contributed by atoms with Gasteiger partial charge in [0.15, 0.2) is 5.49 Å². The molecule has 3 heterocycles. The Morgan fingerprint density at radius 3 is 2.42 bits per heavy atom. The lowest BCUT2D eigenvalue weighted by atomic mass is 10.1. The van der Waals surface area contributed by atoms with Crippen molar-refractivity contribution < 1.29 is 14.3 Å². The van der Waals surface area contributed by atoms with Gasteiger partial charge in [-0.3, -0.25) is 14.0 Å². The number of amides is 1. The number of rotatable bonds is 6. The molecule has 0 saturated carbocycles. The molecule has 0 bridgehead atoms. The summed E-state index contributed by atoms with van der Waals surface area (Å²) in [7, 11) is 0. The number of hydrogen-bond donors (Lipinski definition) is 0. The van der Waals surface area contributed by atoms with Gasteiger partial charge >= 0.3 is 5.97 Å². The van der Waals surface area contributed by atoms with Gasteiger partial charge < -0.3 is 9.30 Å². The molecule has 5 rings (SSSR count). The fourth-order valence-electron chi connectivity index (χ4n) is 4.15. The molecule has 38 heavy (non-hydrogen) atoms. The number of pyridine rings is 2. The van der Waals surface area contributed by atoms with Crippen LogP contribution >= 0.6 is 0 Å². The number of carbonyl (C=O) groups is 2. The van der Waals surface area contributed by atoms with Crippen molar-refractivity contribution in [2.75, 3.05) is 6.61 Å². The molecular formula is C30H24N4O4. The van der Waals surface area contributed by atoms with E-state index in [-0.39, 0.29) is 35.1 Å². The van der Waals surface area contributed by atoms with Crippen molar-refractivity contribution in [1.82, 2.24) is 14.0 Å². The highest BCUT2D eigenvalue weighted by molar-refractivity contribution is 5.96. The SMILES string of the molecule is CCOC(=O)c1cc2c(=O)n3ccccc3nc2n(Cc2ccccc2)c1=NC(=O)/C=C/c1ccccc1. The zero-order chi connectivity index (χ0) is 26.5. The van der Waals surface area contributed by atoms with Gasteiger partial charge in [-0.15, -0.1) is 0 Å². The first-order valence-electron chi connectivity index (χ1n) is 12.1. The van der Waals surface area contributed by atoms with Crippen LogP contribution in [0.25, 0.3) is 22.8 Å². The van der Waals surface area contributed by atoms with Crippen LogP contribution in [0.2, 0.25) is 0 Å². The van der Waals surface area contributed by atoms with Gasteiger partial charge in [0.2, 0.25) is 0 Å². The monoisotopic (exact) mass is 504 g/mol. The minimum absolute atomic E-state index is 0.00604. The van der Waals surface area contributed by atoms with E-state index in [1.54, 1.807) is 42.0 Å². The van der Waals surface area contributed by atoms with Gasteiger partial charge in [0.25, 0.3) is 11.5 Å². The molecule has 8 heteroatoms. The average molecular weight is 505 g/mol. The maximum Gasteiger partial charge on any atom is 0.341 e. The van der Waals surface area contributed by atoms with Crippen LogP contribution in [0.3, 0.4) is 0 Å². The van der Waals surface area contributed by atoms with Crippen LogP contribution in [0.15, 0.2) is 107 Å². The molecule has 3 aromatic heterocycles. The highest BCUT2D eigenvalue weighted by Crippen LogP contribution is 2.14. The molecule has 0 spiro atoms. The summed E-state index contributed by atoms with van der Waals surface area (Å²) in [5, 5.41) is 0.207. The molecule has 0 aliphatic heterocycles. The van der Waals surface area contributed by atoms with Crippen molar-refractivity contribution in [2.45, 2.75) is 13.5 Å². The predicted molar refractivity (Wildman–Crippen MR) is 145 cm³/mol. The van der Waals surface area contributed by atoms with Gasteiger partial charge in [-0.2, -0.15) is 4.99 Å². The number of benzene rings is 2. The maximum atomic E-state index is 13.5. The van der Waals surface area contributed by atoms with E-state index >= 15 is 0 Å². The first-order valence-corrected chi connectivity index (χ1v) is 12.1. The molecule has 8 nitrogen and oxygen atoms in total. The van der Waals surface area contributed by atoms with E-state index < -0.39 is 11.9 Å². The second-order valence-corrected chi connectivity index (χ2v) is 8.45. The smallest absolute Gasteiger partial charge is 0.341 e. The molecule has 1 amide bonds. The minimum atomic E-state index is -0.688. The average Bonchev–Trinajstić information content (AvgIpc) is 2.94. The van der Waals surface area contributed by atoms with E-state index in [0.29, 0.717) is 11.3 Å². The summed E-state index contributed by atoms with van der Waals surface area (Å²) in [6.07, 6.45) is 4.60. The fraction of sp³-hybridized carbons (Fsp3) is 0.100. The number of esters is 1. The number of fused-ring (bicyclic) bond motifs is 2. The Hall–Kier alpha value is -5.11. The zero-order valence-electron chi connectivity index (χ0n) is 20.7. The zero-order valence-corrected chi connectivity index (χ0v) is 20.7. The number of hydrogen-bond acceptors (Lipinski definition) is 5. The molecule has 0 fully saturated rings. The summed E-state index contributed by atoms with van der Waals surface area (Å²) in [5.41, 5.74) is 2.16. The van der Waals surface area contributed by atoms with Gasteiger partial charge in [-0.1, -0.05) is 66.7 Å². The Labute approximate surface area is 217 Å². The van der Waals surface area contributed by atoms with Crippen molar-refractivity contribution in [1.29, 1.82) is 0 Å². The molecule has 0 radical (unpaired) electrons. The molecule has 0 atom stereocenters. The van der Waals surface area contributed by atoms with Gasteiger partial charge in [0.05, 0.1) is 18.5 Å². The molecule has 188 valence electrons. The largest absolute Gasteiger partial charge is 0.462 e. The summed E-state index contributed by atoms with van der Waals surface area (Å²) < 4.78 is 8.33. The third kappa shape index (κ3) is 5.05. The molecule has 0 saturated heterocycles. The van der Waals surface area contributed by atoms with E-state index in [1.165, 1.54) is 16.5 Å². The van der Waals surface area contributed by atoms with Gasteiger partial charge in [-0.25, -0.2) is 9.78 Å². The Bertz CT molecular complexity index is 1800. The van der Waals surface area contributed by atoms with Crippen molar-refractivity contribution in [3.05, 3.63) is 130 Å². The molecule has 0 N–H and O–H groups in total. The Kier molecular flexibility index (Phi) is 7.04. The second kappa shape index (κ2) is 10.9. The predicted octanol–water partition coefficient (Wildman–Crippen LogP) is 4.01. The maximum absolute atomic E-state index is 13.5. The van der Waals surface area contributed by atoms with E-state index in [1.807, 2.05) is 60.7 Å². The lowest BCUT2D eigenvalue weighted by Crippen LogP contribution is -2.33. The van der Waals surface area contributed by atoms with Crippen LogP contribution in [-0.2, 0) is 16.1 Å². The highest BCUT2D eigenvalue weighted by atomic mass is 16.5. The van der Waals surface area contributed by atoms with Crippen LogP contribution < -0.4 is 11.0 Å².